The average molecular weight is 237 g/mol. The number of rotatable bonds is 5. The van der Waals surface area contributed by atoms with Crippen molar-refractivity contribution >= 4 is 5.97 Å². The Labute approximate surface area is 100.0 Å². The molecule has 0 aliphatic heterocycles. The molecule has 0 unspecified atom stereocenters. The van der Waals surface area contributed by atoms with Crippen molar-refractivity contribution in [3.8, 4) is 0 Å². The van der Waals surface area contributed by atoms with Gasteiger partial charge in [0.25, 0.3) is 0 Å². The first kappa shape index (κ1) is 12.0. The van der Waals surface area contributed by atoms with Crippen molar-refractivity contribution in [1.29, 1.82) is 0 Å². The molecule has 1 N–H and O–H groups in total. The molecule has 0 heterocycles. The van der Waals surface area contributed by atoms with E-state index in [2.05, 4.69) is 5.32 Å². The third-order valence-corrected chi connectivity index (χ3v) is 3.21. The van der Waals surface area contributed by atoms with E-state index < -0.39 is 0 Å². The molecule has 1 aliphatic rings. The molecule has 1 saturated carbocycles. The fraction of sp³-hybridized carbons (Fsp3) is 0.462. The van der Waals surface area contributed by atoms with Gasteiger partial charge in [-0.05, 0) is 18.9 Å². The number of halogens is 1. The van der Waals surface area contributed by atoms with Crippen molar-refractivity contribution < 1.29 is 13.9 Å². The van der Waals surface area contributed by atoms with Gasteiger partial charge in [-0.1, -0.05) is 18.2 Å². The van der Waals surface area contributed by atoms with Crippen molar-refractivity contribution in [2.45, 2.75) is 19.4 Å². The second-order valence-corrected chi connectivity index (χ2v) is 4.47. The topological polar surface area (TPSA) is 38.3 Å². The van der Waals surface area contributed by atoms with E-state index in [9.17, 15) is 9.18 Å². The van der Waals surface area contributed by atoms with Gasteiger partial charge in [-0.15, -0.1) is 0 Å². The molecule has 2 rings (SSSR count). The number of benzene rings is 1. The van der Waals surface area contributed by atoms with E-state index in [4.69, 9.17) is 4.74 Å². The molecule has 0 saturated heterocycles. The van der Waals surface area contributed by atoms with Crippen LogP contribution in [0.25, 0.3) is 0 Å². The van der Waals surface area contributed by atoms with Gasteiger partial charge in [-0.3, -0.25) is 4.79 Å². The summed E-state index contributed by atoms with van der Waals surface area (Å²) in [6.45, 7) is 0.986. The van der Waals surface area contributed by atoms with Crippen molar-refractivity contribution in [2.75, 3.05) is 13.7 Å². The molecular formula is C13H16FNO2. The standard InChI is InChI=1S/C13H16FNO2/c1-17-12(16)13(6-7-13)9-15-8-10-4-2-3-5-11(10)14/h2-5,15H,6-9H2,1H3. The normalized spacial score (nSPS) is 16.6. The Bertz CT molecular complexity index is 416. The summed E-state index contributed by atoms with van der Waals surface area (Å²) in [6, 6.07) is 6.63. The predicted molar refractivity (Wildman–Crippen MR) is 61.8 cm³/mol. The number of carbonyl (C=O) groups excluding carboxylic acids is 1. The molecule has 0 radical (unpaired) electrons. The third-order valence-electron chi connectivity index (χ3n) is 3.21. The Morgan fingerprint density at radius 3 is 2.76 bits per heavy atom. The highest BCUT2D eigenvalue weighted by Crippen LogP contribution is 2.46. The highest BCUT2D eigenvalue weighted by atomic mass is 19.1. The summed E-state index contributed by atoms with van der Waals surface area (Å²) in [7, 11) is 1.40. The fourth-order valence-electron chi connectivity index (χ4n) is 1.90. The Hall–Kier alpha value is -1.42. The summed E-state index contributed by atoms with van der Waals surface area (Å²) in [5, 5.41) is 3.12. The highest BCUT2D eigenvalue weighted by Gasteiger charge is 2.50. The van der Waals surface area contributed by atoms with Crippen LogP contribution in [0.15, 0.2) is 24.3 Å². The van der Waals surface area contributed by atoms with E-state index >= 15 is 0 Å². The van der Waals surface area contributed by atoms with Crippen LogP contribution in [0.4, 0.5) is 4.39 Å². The molecule has 1 aliphatic carbocycles. The summed E-state index contributed by atoms with van der Waals surface area (Å²) < 4.78 is 18.1. The van der Waals surface area contributed by atoms with Gasteiger partial charge in [0, 0.05) is 18.7 Å². The zero-order valence-corrected chi connectivity index (χ0v) is 9.83. The van der Waals surface area contributed by atoms with E-state index in [0.717, 1.165) is 12.8 Å². The number of nitrogens with one attached hydrogen (secondary N) is 1. The lowest BCUT2D eigenvalue weighted by atomic mass is 10.1. The first-order valence-electron chi connectivity index (χ1n) is 5.70. The molecule has 0 bridgehead atoms. The number of ether oxygens (including phenoxy) is 1. The van der Waals surface area contributed by atoms with Crippen LogP contribution in [0.3, 0.4) is 0 Å². The highest BCUT2D eigenvalue weighted by molar-refractivity contribution is 5.80. The van der Waals surface area contributed by atoms with Crippen LogP contribution in [-0.2, 0) is 16.1 Å². The molecule has 1 fully saturated rings. The summed E-state index contributed by atoms with van der Waals surface area (Å²) in [4.78, 5) is 11.5. The number of esters is 1. The van der Waals surface area contributed by atoms with Gasteiger partial charge >= 0.3 is 5.97 Å². The minimum Gasteiger partial charge on any atom is -0.469 e. The minimum atomic E-state index is -0.361. The van der Waals surface area contributed by atoms with E-state index in [0.29, 0.717) is 18.7 Å². The second-order valence-electron chi connectivity index (χ2n) is 4.47. The quantitative estimate of drug-likeness (QED) is 0.794. The predicted octanol–water partition coefficient (Wildman–Crippen LogP) is 1.87. The molecule has 0 amide bonds. The van der Waals surface area contributed by atoms with E-state index in [1.165, 1.54) is 13.2 Å². The van der Waals surface area contributed by atoms with E-state index in [-0.39, 0.29) is 17.2 Å². The van der Waals surface area contributed by atoms with E-state index in [1.807, 2.05) is 0 Å². The monoisotopic (exact) mass is 237 g/mol. The Balaban J connectivity index is 1.85. The van der Waals surface area contributed by atoms with Crippen LogP contribution in [0.1, 0.15) is 18.4 Å². The van der Waals surface area contributed by atoms with Crippen molar-refractivity contribution in [3.05, 3.63) is 35.6 Å². The Morgan fingerprint density at radius 1 is 1.47 bits per heavy atom. The van der Waals surface area contributed by atoms with Crippen LogP contribution in [0.5, 0.6) is 0 Å². The lowest BCUT2D eigenvalue weighted by molar-refractivity contribution is -0.146. The molecule has 92 valence electrons. The van der Waals surface area contributed by atoms with Crippen LogP contribution in [0.2, 0.25) is 0 Å². The van der Waals surface area contributed by atoms with Gasteiger partial charge < -0.3 is 10.1 Å². The second kappa shape index (κ2) is 4.84. The molecule has 0 aromatic heterocycles. The lowest BCUT2D eigenvalue weighted by Gasteiger charge is -2.13. The van der Waals surface area contributed by atoms with Gasteiger partial charge in [-0.25, -0.2) is 4.39 Å². The number of hydrogen-bond donors (Lipinski definition) is 1. The molecule has 0 spiro atoms. The molecule has 1 aromatic rings. The van der Waals surface area contributed by atoms with Gasteiger partial charge in [0.2, 0.25) is 0 Å². The molecule has 17 heavy (non-hydrogen) atoms. The Morgan fingerprint density at radius 2 is 2.18 bits per heavy atom. The van der Waals surface area contributed by atoms with Crippen LogP contribution in [0, 0.1) is 11.2 Å². The Kier molecular flexibility index (Phi) is 3.43. The summed E-state index contributed by atoms with van der Waals surface area (Å²) in [6.07, 6.45) is 1.70. The number of carbonyl (C=O) groups is 1. The van der Waals surface area contributed by atoms with Crippen LogP contribution in [-0.4, -0.2) is 19.6 Å². The summed E-state index contributed by atoms with van der Waals surface area (Å²) >= 11 is 0. The minimum absolute atomic E-state index is 0.168. The fourth-order valence-corrected chi connectivity index (χ4v) is 1.90. The zero-order valence-electron chi connectivity index (χ0n) is 9.83. The molecular weight excluding hydrogens is 221 g/mol. The number of methoxy groups -OCH3 is 1. The van der Waals surface area contributed by atoms with Crippen LogP contribution >= 0.6 is 0 Å². The van der Waals surface area contributed by atoms with Crippen molar-refractivity contribution in [1.82, 2.24) is 5.32 Å². The van der Waals surface area contributed by atoms with Crippen molar-refractivity contribution in [3.63, 3.8) is 0 Å². The molecule has 1 aromatic carbocycles. The lowest BCUT2D eigenvalue weighted by Crippen LogP contribution is -2.30. The summed E-state index contributed by atoms with van der Waals surface area (Å²) in [5.41, 5.74) is 0.258. The first-order chi connectivity index (χ1) is 8.18. The summed E-state index contributed by atoms with van der Waals surface area (Å²) in [5.74, 6) is -0.388. The number of hydrogen-bond acceptors (Lipinski definition) is 3. The van der Waals surface area contributed by atoms with E-state index in [1.54, 1.807) is 18.2 Å². The maximum atomic E-state index is 13.3. The molecule has 4 heteroatoms. The van der Waals surface area contributed by atoms with Gasteiger partial charge in [0.1, 0.15) is 5.82 Å². The maximum absolute atomic E-state index is 13.3. The first-order valence-corrected chi connectivity index (χ1v) is 5.70. The largest absolute Gasteiger partial charge is 0.469 e. The molecule has 3 nitrogen and oxygen atoms in total. The van der Waals surface area contributed by atoms with Gasteiger partial charge in [0.05, 0.1) is 12.5 Å². The zero-order chi connectivity index (χ0) is 12.3. The van der Waals surface area contributed by atoms with Crippen LogP contribution < -0.4 is 5.32 Å². The molecule has 0 atom stereocenters. The maximum Gasteiger partial charge on any atom is 0.313 e. The van der Waals surface area contributed by atoms with Gasteiger partial charge in [0.15, 0.2) is 0 Å². The smallest absolute Gasteiger partial charge is 0.313 e. The van der Waals surface area contributed by atoms with Crippen molar-refractivity contribution in [2.24, 2.45) is 5.41 Å². The average Bonchev–Trinajstić information content (AvgIpc) is 3.12. The van der Waals surface area contributed by atoms with Gasteiger partial charge in [-0.2, -0.15) is 0 Å². The third kappa shape index (κ3) is 2.64. The SMILES string of the molecule is COC(=O)C1(CNCc2ccccc2F)CC1.